The van der Waals surface area contributed by atoms with Gasteiger partial charge < -0.3 is 31.2 Å². The van der Waals surface area contributed by atoms with E-state index in [1.165, 1.54) is 13.2 Å². The van der Waals surface area contributed by atoms with Crippen molar-refractivity contribution >= 4 is 34.3 Å². The van der Waals surface area contributed by atoms with Crippen molar-refractivity contribution in [1.29, 1.82) is 0 Å². The standard InChI is InChI=1S/C29H39FN6O4/c1-39-28(37)23-18-24(30)27(34-17-7-16-33-14-5-4-13-32-15-6-12-31)19-26(23)36-29(38)40-20-22-11-10-21-8-2-3-9-25(21)35-22/h2-3,8-11,18-19,32-34H,4-7,12-17,20,31H2,1H3,(H,36,38). The molecule has 1 aromatic heterocycles. The molecule has 6 N–H and O–H groups in total. The SMILES string of the molecule is COC(=O)c1cc(F)c(NCCCNCCCCNCCCN)cc1NC(=O)OCc1ccc2ccccc2n1. The van der Waals surface area contributed by atoms with Crippen LogP contribution in [0.25, 0.3) is 10.9 Å². The Kier molecular flexibility index (Phi) is 13.1. The van der Waals surface area contributed by atoms with Gasteiger partial charge in [-0.25, -0.2) is 19.0 Å². The largest absolute Gasteiger partial charge is 0.465 e. The average molecular weight is 555 g/mol. The minimum absolute atomic E-state index is 0.0745. The molecule has 0 aliphatic heterocycles. The summed E-state index contributed by atoms with van der Waals surface area (Å²) in [6.07, 6.45) is 3.09. The number of rotatable bonds is 17. The summed E-state index contributed by atoms with van der Waals surface area (Å²) < 4.78 is 24.8. The first kappa shape index (κ1) is 30.7. The first-order valence-corrected chi connectivity index (χ1v) is 13.6. The fourth-order valence-corrected chi connectivity index (χ4v) is 3.98. The number of fused-ring (bicyclic) bond motifs is 1. The van der Waals surface area contributed by atoms with Crippen LogP contribution in [0.2, 0.25) is 0 Å². The second kappa shape index (κ2) is 17.0. The van der Waals surface area contributed by atoms with Gasteiger partial charge >= 0.3 is 12.1 Å². The number of hydrogen-bond donors (Lipinski definition) is 5. The third-order valence-electron chi connectivity index (χ3n) is 6.12. The molecule has 0 bridgehead atoms. The van der Waals surface area contributed by atoms with Crippen LogP contribution >= 0.6 is 0 Å². The molecule has 0 atom stereocenters. The number of ether oxygens (including phenoxy) is 2. The topological polar surface area (TPSA) is 140 Å². The number of pyridine rings is 1. The van der Waals surface area contributed by atoms with E-state index in [-0.39, 0.29) is 23.5 Å². The van der Waals surface area contributed by atoms with Gasteiger partial charge in [0, 0.05) is 11.9 Å². The zero-order valence-corrected chi connectivity index (χ0v) is 22.9. The Morgan fingerprint density at radius 3 is 2.38 bits per heavy atom. The van der Waals surface area contributed by atoms with Crippen molar-refractivity contribution in [2.45, 2.75) is 32.3 Å². The van der Waals surface area contributed by atoms with Gasteiger partial charge in [-0.2, -0.15) is 0 Å². The number of unbranched alkanes of at least 4 members (excludes halogenated alkanes) is 1. The van der Waals surface area contributed by atoms with Gasteiger partial charge in [-0.05, 0) is 82.7 Å². The highest BCUT2D eigenvalue weighted by molar-refractivity contribution is 6.00. The maximum atomic E-state index is 14.7. The number of aromatic nitrogens is 1. The van der Waals surface area contributed by atoms with Crippen LogP contribution in [0.1, 0.15) is 41.7 Å². The molecular weight excluding hydrogens is 515 g/mol. The normalized spacial score (nSPS) is 10.9. The highest BCUT2D eigenvalue weighted by atomic mass is 19.1. The Balaban J connectivity index is 1.47. The van der Waals surface area contributed by atoms with E-state index >= 15 is 0 Å². The number of halogens is 1. The van der Waals surface area contributed by atoms with Crippen molar-refractivity contribution in [2.75, 3.05) is 57.0 Å². The van der Waals surface area contributed by atoms with Crippen LogP contribution in [0.3, 0.4) is 0 Å². The molecule has 1 heterocycles. The molecule has 1 amide bonds. The first-order valence-electron chi connectivity index (χ1n) is 13.6. The molecular formula is C29H39FN6O4. The van der Waals surface area contributed by atoms with E-state index < -0.39 is 17.9 Å². The minimum atomic E-state index is -0.809. The van der Waals surface area contributed by atoms with Crippen molar-refractivity contribution in [1.82, 2.24) is 15.6 Å². The second-order valence-electron chi connectivity index (χ2n) is 9.20. The number of amides is 1. The second-order valence-corrected chi connectivity index (χ2v) is 9.20. The molecule has 3 rings (SSSR count). The molecule has 11 heteroatoms. The van der Waals surface area contributed by atoms with Gasteiger partial charge in [0.05, 0.1) is 35.3 Å². The van der Waals surface area contributed by atoms with Crippen LogP contribution in [0, 0.1) is 5.82 Å². The summed E-state index contributed by atoms with van der Waals surface area (Å²) in [4.78, 5) is 29.2. The maximum Gasteiger partial charge on any atom is 0.412 e. The van der Waals surface area contributed by atoms with Gasteiger partial charge in [-0.15, -0.1) is 0 Å². The van der Waals surface area contributed by atoms with Crippen LogP contribution in [0.15, 0.2) is 48.5 Å². The Hall–Kier alpha value is -3.80. The van der Waals surface area contributed by atoms with Crippen molar-refractivity contribution in [3.05, 3.63) is 65.6 Å². The lowest BCUT2D eigenvalue weighted by Gasteiger charge is -2.14. The number of anilines is 2. The maximum absolute atomic E-state index is 14.7. The number of carbonyl (C=O) groups excluding carboxylic acids is 2. The number of nitrogens with one attached hydrogen (secondary N) is 4. The Morgan fingerprint density at radius 2 is 1.62 bits per heavy atom. The number of hydrogen-bond acceptors (Lipinski definition) is 9. The molecule has 0 aliphatic carbocycles. The molecule has 0 radical (unpaired) electrons. The van der Waals surface area contributed by atoms with Gasteiger partial charge in [0.2, 0.25) is 0 Å². The fourth-order valence-electron chi connectivity index (χ4n) is 3.98. The number of nitrogens with zero attached hydrogens (tertiary/aromatic N) is 1. The lowest BCUT2D eigenvalue weighted by Crippen LogP contribution is -2.22. The summed E-state index contributed by atoms with van der Waals surface area (Å²) in [5.74, 6) is -1.41. The lowest BCUT2D eigenvalue weighted by molar-refractivity contribution is 0.0601. The minimum Gasteiger partial charge on any atom is -0.465 e. The summed E-state index contributed by atoms with van der Waals surface area (Å²) in [5.41, 5.74) is 6.93. The number of esters is 1. The van der Waals surface area contributed by atoms with E-state index in [2.05, 4.69) is 26.3 Å². The fraction of sp³-hybridized carbons (Fsp3) is 0.414. The molecule has 216 valence electrons. The zero-order chi connectivity index (χ0) is 28.6. The predicted molar refractivity (Wildman–Crippen MR) is 155 cm³/mol. The summed E-state index contributed by atoms with van der Waals surface area (Å²) >= 11 is 0. The Bertz CT molecular complexity index is 1240. The van der Waals surface area contributed by atoms with Crippen LogP contribution in [-0.2, 0) is 16.1 Å². The van der Waals surface area contributed by atoms with E-state index in [1.807, 2.05) is 30.3 Å². The molecule has 0 unspecified atom stereocenters. The van der Waals surface area contributed by atoms with Gasteiger partial charge in [-0.3, -0.25) is 5.32 Å². The van der Waals surface area contributed by atoms with E-state index in [0.717, 1.165) is 68.8 Å². The van der Waals surface area contributed by atoms with Gasteiger partial charge in [0.25, 0.3) is 0 Å². The molecule has 10 nitrogen and oxygen atoms in total. The monoisotopic (exact) mass is 554 g/mol. The van der Waals surface area contributed by atoms with Crippen LogP contribution in [0.4, 0.5) is 20.6 Å². The number of methoxy groups -OCH3 is 1. The Labute approximate surface area is 234 Å². The average Bonchev–Trinajstić information content (AvgIpc) is 2.97. The van der Waals surface area contributed by atoms with Gasteiger partial charge in [0.15, 0.2) is 0 Å². The van der Waals surface area contributed by atoms with Crippen LogP contribution < -0.4 is 27.0 Å². The molecule has 0 fully saturated rings. The summed E-state index contributed by atoms with van der Waals surface area (Å²) in [6.45, 7) is 4.74. The van der Waals surface area contributed by atoms with Crippen molar-refractivity contribution in [3.63, 3.8) is 0 Å². The smallest absolute Gasteiger partial charge is 0.412 e. The van der Waals surface area contributed by atoms with E-state index in [1.54, 1.807) is 6.07 Å². The lowest BCUT2D eigenvalue weighted by atomic mass is 10.1. The number of nitrogens with two attached hydrogens (primary N) is 1. The van der Waals surface area contributed by atoms with Gasteiger partial charge in [0.1, 0.15) is 12.4 Å². The summed E-state index contributed by atoms with van der Waals surface area (Å²) in [7, 11) is 1.19. The number of para-hydroxylation sites is 1. The third kappa shape index (κ3) is 10.1. The molecule has 2 aromatic carbocycles. The number of benzene rings is 2. The highest BCUT2D eigenvalue weighted by Crippen LogP contribution is 2.26. The third-order valence-corrected chi connectivity index (χ3v) is 6.12. The molecule has 3 aromatic rings. The van der Waals surface area contributed by atoms with E-state index in [4.69, 9.17) is 15.2 Å². The van der Waals surface area contributed by atoms with Crippen molar-refractivity contribution in [3.8, 4) is 0 Å². The van der Waals surface area contributed by atoms with E-state index in [0.29, 0.717) is 18.8 Å². The van der Waals surface area contributed by atoms with Crippen molar-refractivity contribution < 1.29 is 23.5 Å². The van der Waals surface area contributed by atoms with Crippen LogP contribution in [0.5, 0.6) is 0 Å². The van der Waals surface area contributed by atoms with Gasteiger partial charge in [-0.1, -0.05) is 24.3 Å². The number of carbonyl (C=O) groups is 2. The highest BCUT2D eigenvalue weighted by Gasteiger charge is 2.19. The predicted octanol–water partition coefficient (Wildman–Crippen LogP) is 4.02. The molecule has 0 aliphatic rings. The first-order chi connectivity index (χ1) is 19.5. The molecule has 40 heavy (non-hydrogen) atoms. The van der Waals surface area contributed by atoms with Crippen molar-refractivity contribution in [2.24, 2.45) is 5.73 Å². The quantitative estimate of drug-likeness (QED) is 0.124. The van der Waals surface area contributed by atoms with E-state index in [9.17, 15) is 14.0 Å². The molecule has 0 saturated carbocycles. The summed E-state index contributed by atoms with van der Waals surface area (Å²) in [6, 6.07) is 13.7. The Morgan fingerprint density at radius 1 is 0.900 bits per heavy atom. The van der Waals surface area contributed by atoms with Crippen LogP contribution in [-0.4, -0.2) is 63.4 Å². The molecule has 0 saturated heterocycles. The molecule has 0 spiro atoms. The summed E-state index contributed by atoms with van der Waals surface area (Å²) in [5, 5.41) is 13.3. The zero-order valence-electron chi connectivity index (χ0n) is 22.9.